The maximum atomic E-state index is 11.9. The van der Waals surface area contributed by atoms with Crippen LogP contribution in [0, 0.1) is 11.3 Å². The van der Waals surface area contributed by atoms with Gasteiger partial charge in [0, 0.05) is 25.5 Å². The zero-order valence-corrected chi connectivity index (χ0v) is 12.2. The lowest BCUT2D eigenvalue weighted by Gasteiger charge is -2.36. The van der Waals surface area contributed by atoms with Crippen molar-refractivity contribution in [1.82, 2.24) is 4.90 Å². The zero-order chi connectivity index (χ0) is 13.6. The number of aliphatic hydroxyl groups is 1. The molecular formula is C15H29NO2. The van der Waals surface area contributed by atoms with Crippen molar-refractivity contribution >= 4 is 5.78 Å². The van der Waals surface area contributed by atoms with Gasteiger partial charge in [0.05, 0.1) is 0 Å². The van der Waals surface area contributed by atoms with Gasteiger partial charge in [0.1, 0.15) is 5.78 Å². The lowest BCUT2D eigenvalue weighted by molar-refractivity contribution is -0.127. The van der Waals surface area contributed by atoms with E-state index in [0.29, 0.717) is 17.8 Å². The van der Waals surface area contributed by atoms with Gasteiger partial charge in [-0.25, -0.2) is 0 Å². The molecule has 3 nitrogen and oxygen atoms in total. The summed E-state index contributed by atoms with van der Waals surface area (Å²) in [6.45, 7) is 6.77. The molecule has 0 amide bonds. The maximum absolute atomic E-state index is 11.9. The number of hydrogen-bond donors (Lipinski definition) is 1. The van der Waals surface area contributed by atoms with E-state index in [0.717, 1.165) is 51.6 Å². The molecule has 106 valence electrons. The summed E-state index contributed by atoms with van der Waals surface area (Å²) in [4.78, 5) is 14.2. The molecule has 1 N–H and O–H groups in total. The Morgan fingerprint density at radius 3 is 2.72 bits per heavy atom. The van der Waals surface area contributed by atoms with Crippen molar-refractivity contribution in [3.63, 3.8) is 0 Å². The summed E-state index contributed by atoms with van der Waals surface area (Å²) in [5, 5.41) is 8.73. The van der Waals surface area contributed by atoms with E-state index < -0.39 is 0 Å². The SMILES string of the molecule is CN(CCCCCO)CC1CC(C)(C)CCC1=O. The van der Waals surface area contributed by atoms with Gasteiger partial charge in [-0.1, -0.05) is 13.8 Å². The molecule has 0 spiro atoms. The highest BCUT2D eigenvalue weighted by Gasteiger charge is 2.33. The Bertz CT molecular complexity index is 263. The Morgan fingerprint density at radius 1 is 1.33 bits per heavy atom. The van der Waals surface area contributed by atoms with E-state index >= 15 is 0 Å². The first-order valence-corrected chi connectivity index (χ1v) is 7.27. The zero-order valence-electron chi connectivity index (χ0n) is 12.2. The fourth-order valence-electron chi connectivity index (χ4n) is 2.85. The standard InChI is InChI=1S/C15H29NO2/c1-15(2)8-7-14(18)13(11-15)12-16(3)9-5-4-6-10-17/h13,17H,4-12H2,1-3H3. The fraction of sp³-hybridized carbons (Fsp3) is 0.933. The Labute approximate surface area is 112 Å². The molecule has 1 saturated carbocycles. The summed E-state index contributed by atoms with van der Waals surface area (Å²) < 4.78 is 0. The van der Waals surface area contributed by atoms with Crippen LogP contribution in [0.5, 0.6) is 0 Å². The quantitative estimate of drug-likeness (QED) is 0.711. The van der Waals surface area contributed by atoms with Gasteiger partial charge in [0.15, 0.2) is 0 Å². The summed E-state index contributed by atoms with van der Waals surface area (Å²) in [6, 6.07) is 0. The van der Waals surface area contributed by atoms with Gasteiger partial charge < -0.3 is 10.0 Å². The van der Waals surface area contributed by atoms with Crippen molar-refractivity contribution in [2.45, 2.75) is 52.4 Å². The van der Waals surface area contributed by atoms with Gasteiger partial charge in [0.2, 0.25) is 0 Å². The minimum atomic E-state index is 0.233. The first kappa shape index (κ1) is 15.6. The van der Waals surface area contributed by atoms with Crippen LogP contribution in [-0.2, 0) is 4.79 Å². The van der Waals surface area contributed by atoms with E-state index in [1.54, 1.807) is 0 Å². The predicted molar refractivity (Wildman–Crippen MR) is 74.6 cm³/mol. The molecule has 0 heterocycles. The fourth-order valence-corrected chi connectivity index (χ4v) is 2.85. The molecule has 1 fully saturated rings. The molecule has 1 aliphatic rings. The van der Waals surface area contributed by atoms with Crippen LogP contribution in [0.2, 0.25) is 0 Å². The summed E-state index contributed by atoms with van der Waals surface area (Å²) in [5.41, 5.74) is 0.330. The second kappa shape index (κ2) is 7.25. The van der Waals surface area contributed by atoms with Crippen LogP contribution in [0.3, 0.4) is 0 Å². The van der Waals surface area contributed by atoms with E-state index in [4.69, 9.17) is 5.11 Å². The molecule has 0 aromatic carbocycles. The minimum absolute atomic E-state index is 0.233. The number of rotatable bonds is 7. The molecule has 0 aliphatic heterocycles. The Kier molecular flexibility index (Phi) is 6.30. The number of ketones is 1. The third kappa shape index (κ3) is 5.49. The van der Waals surface area contributed by atoms with Gasteiger partial charge in [0.25, 0.3) is 0 Å². The molecule has 18 heavy (non-hydrogen) atoms. The van der Waals surface area contributed by atoms with E-state index in [1.165, 1.54) is 0 Å². The minimum Gasteiger partial charge on any atom is -0.396 e. The van der Waals surface area contributed by atoms with Crippen molar-refractivity contribution in [2.24, 2.45) is 11.3 Å². The number of hydrogen-bond acceptors (Lipinski definition) is 3. The lowest BCUT2D eigenvalue weighted by atomic mass is 9.71. The normalized spacial score (nSPS) is 23.6. The summed E-state index contributed by atoms with van der Waals surface area (Å²) >= 11 is 0. The second-order valence-corrected chi connectivity index (χ2v) is 6.58. The summed E-state index contributed by atoms with van der Waals surface area (Å²) in [5.74, 6) is 0.688. The number of carbonyl (C=O) groups is 1. The van der Waals surface area contributed by atoms with Crippen LogP contribution in [-0.4, -0.2) is 42.5 Å². The van der Waals surface area contributed by atoms with Crippen molar-refractivity contribution in [1.29, 1.82) is 0 Å². The third-order valence-corrected chi connectivity index (χ3v) is 4.03. The van der Waals surface area contributed by atoms with Crippen molar-refractivity contribution in [3.8, 4) is 0 Å². The van der Waals surface area contributed by atoms with E-state index in [-0.39, 0.29) is 5.92 Å². The third-order valence-electron chi connectivity index (χ3n) is 4.03. The van der Waals surface area contributed by atoms with Crippen LogP contribution < -0.4 is 0 Å². The molecule has 0 bridgehead atoms. The molecule has 1 atom stereocenters. The molecular weight excluding hydrogens is 226 g/mol. The van der Waals surface area contributed by atoms with Gasteiger partial charge in [-0.15, -0.1) is 0 Å². The highest BCUT2D eigenvalue weighted by molar-refractivity contribution is 5.82. The van der Waals surface area contributed by atoms with Crippen molar-refractivity contribution in [2.75, 3.05) is 26.7 Å². The number of Topliss-reactive ketones (excluding diaryl/α,β-unsaturated/α-hetero) is 1. The monoisotopic (exact) mass is 255 g/mol. The number of aliphatic hydroxyl groups excluding tert-OH is 1. The first-order valence-electron chi connectivity index (χ1n) is 7.27. The van der Waals surface area contributed by atoms with E-state index in [9.17, 15) is 4.79 Å². The average Bonchev–Trinajstić information content (AvgIpc) is 2.29. The van der Waals surface area contributed by atoms with Crippen LogP contribution in [0.4, 0.5) is 0 Å². The van der Waals surface area contributed by atoms with Crippen molar-refractivity contribution < 1.29 is 9.90 Å². The predicted octanol–water partition coefficient (Wildman–Crippen LogP) is 2.48. The molecule has 0 radical (unpaired) electrons. The smallest absolute Gasteiger partial charge is 0.137 e. The van der Waals surface area contributed by atoms with E-state index in [2.05, 4.69) is 25.8 Å². The Morgan fingerprint density at radius 2 is 2.06 bits per heavy atom. The molecule has 0 aromatic heterocycles. The highest BCUT2D eigenvalue weighted by atomic mass is 16.2. The largest absolute Gasteiger partial charge is 0.396 e. The molecule has 0 saturated heterocycles. The lowest BCUT2D eigenvalue weighted by Crippen LogP contribution is -2.37. The molecule has 0 aromatic rings. The van der Waals surface area contributed by atoms with Gasteiger partial charge in [-0.3, -0.25) is 4.79 Å². The van der Waals surface area contributed by atoms with Crippen LogP contribution in [0.15, 0.2) is 0 Å². The molecule has 1 aliphatic carbocycles. The summed E-state index contributed by atoms with van der Waals surface area (Å²) in [7, 11) is 2.10. The second-order valence-electron chi connectivity index (χ2n) is 6.58. The highest BCUT2D eigenvalue weighted by Crippen LogP contribution is 2.36. The Balaban J connectivity index is 2.29. The molecule has 1 unspecified atom stereocenters. The van der Waals surface area contributed by atoms with Gasteiger partial charge >= 0.3 is 0 Å². The number of carbonyl (C=O) groups excluding carboxylic acids is 1. The topological polar surface area (TPSA) is 40.5 Å². The van der Waals surface area contributed by atoms with E-state index in [1.807, 2.05) is 0 Å². The summed E-state index contributed by atoms with van der Waals surface area (Å²) in [6.07, 6.45) is 5.92. The van der Waals surface area contributed by atoms with Gasteiger partial charge in [-0.05, 0) is 51.1 Å². The maximum Gasteiger partial charge on any atom is 0.137 e. The molecule has 3 heteroatoms. The first-order chi connectivity index (χ1) is 8.44. The van der Waals surface area contributed by atoms with Crippen LogP contribution >= 0.6 is 0 Å². The van der Waals surface area contributed by atoms with Gasteiger partial charge in [-0.2, -0.15) is 0 Å². The molecule has 1 rings (SSSR count). The number of unbranched alkanes of at least 4 members (excludes halogenated alkanes) is 2. The van der Waals surface area contributed by atoms with Crippen LogP contribution in [0.25, 0.3) is 0 Å². The van der Waals surface area contributed by atoms with Crippen LogP contribution in [0.1, 0.15) is 52.4 Å². The average molecular weight is 255 g/mol. The van der Waals surface area contributed by atoms with Crippen molar-refractivity contribution in [3.05, 3.63) is 0 Å². The number of nitrogens with zero attached hydrogens (tertiary/aromatic N) is 1. The Hall–Kier alpha value is -0.410.